The van der Waals surface area contributed by atoms with Crippen molar-refractivity contribution in [1.29, 1.82) is 0 Å². The fourth-order valence-corrected chi connectivity index (χ4v) is 4.48. The van der Waals surface area contributed by atoms with E-state index in [4.69, 9.17) is 0 Å². The van der Waals surface area contributed by atoms with Crippen LogP contribution in [-0.2, 0) is 0 Å². The van der Waals surface area contributed by atoms with Gasteiger partial charge in [0.1, 0.15) is 0 Å². The number of allylic oxidation sites excluding steroid dienone is 2. The Morgan fingerprint density at radius 2 is 1.73 bits per heavy atom. The molecule has 0 saturated carbocycles. The van der Waals surface area contributed by atoms with Gasteiger partial charge in [0.25, 0.3) is 0 Å². The van der Waals surface area contributed by atoms with Crippen molar-refractivity contribution in [3.8, 4) is 0 Å². The molecule has 0 bridgehead atoms. The van der Waals surface area contributed by atoms with Crippen LogP contribution in [0, 0.1) is 0 Å². The molecule has 1 aromatic heterocycles. The van der Waals surface area contributed by atoms with Crippen LogP contribution in [0.15, 0.2) is 60.7 Å². The summed E-state index contributed by atoms with van der Waals surface area (Å²) in [7, 11) is 0. The lowest BCUT2D eigenvalue weighted by atomic mass is 9.91. The summed E-state index contributed by atoms with van der Waals surface area (Å²) in [6.45, 7) is 0. The van der Waals surface area contributed by atoms with Gasteiger partial charge in [0.05, 0.1) is 17.3 Å². The van der Waals surface area contributed by atoms with Gasteiger partial charge in [-0.25, -0.2) is 0 Å². The quantitative estimate of drug-likeness (QED) is 0.671. The maximum Gasteiger partial charge on any atom is 0.0700 e. The SMILES string of the molecule is C1=CC2C3C(=c4c5ccccc5c(n42)=C1)Nc1ccccc13. The molecule has 0 fully saturated rings. The number of nitrogens with one attached hydrogen (secondary N) is 1. The molecule has 0 saturated heterocycles. The summed E-state index contributed by atoms with van der Waals surface area (Å²) in [5.74, 6) is 0.430. The molecule has 0 spiro atoms. The second-order valence-corrected chi connectivity index (χ2v) is 6.30. The second-order valence-electron chi connectivity index (χ2n) is 6.30. The molecule has 3 aliphatic rings. The van der Waals surface area contributed by atoms with E-state index < -0.39 is 0 Å². The third-order valence-corrected chi connectivity index (χ3v) is 5.29. The van der Waals surface area contributed by atoms with Crippen molar-refractivity contribution in [1.82, 2.24) is 4.57 Å². The number of para-hydroxylation sites is 1. The largest absolute Gasteiger partial charge is 0.356 e. The molecule has 2 aromatic carbocycles. The van der Waals surface area contributed by atoms with Crippen LogP contribution in [-0.4, -0.2) is 4.57 Å². The zero-order chi connectivity index (χ0) is 14.3. The van der Waals surface area contributed by atoms with Gasteiger partial charge < -0.3 is 9.88 Å². The molecule has 104 valence electrons. The molecule has 2 atom stereocenters. The highest BCUT2D eigenvalue weighted by molar-refractivity contribution is 5.92. The third kappa shape index (κ3) is 1.07. The minimum atomic E-state index is 0.397. The summed E-state index contributed by atoms with van der Waals surface area (Å²) in [6, 6.07) is 17.9. The van der Waals surface area contributed by atoms with Crippen LogP contribution in [0.4, 0.5) is 5.69 Å². The van der Waals surface area contributed by atoms with Gasteiger partial charge in [0.15, 0.2) is 0 Å². The lowest BCUT2D eigenvalue weighted by Gasteiger charge is -2.20. The molecule has 22 heavy (non-hydrogen) atoms. The Kier molecular flexibility index (Phi) is 1.75. The maximum atomic E-state index is 3.70. The number of anilines is 1. The summed E-state index contributed by atoms with van der Waals surface area (Å²) in [6.07, 6.45) is 6.81. The Morgan fingerprint density at radius 3 is 2.68 bits per heavy atom. The zero-order valence-corrected chi connectivity index (χ0v) is 12.0. The van der Waals surface area contributed by atoms with E-state index >= 15 is 0 Å². The van der Waals surface area contributed by atoms with Gasteiger partial charge in [0.2, 0.25) is 0 Å². The highest BCUT2D eigenvalue weighted by atomic mass is 15.1. The molecular formula is C20H14N2. The van der Waals surface area contributed by atoms with Gasteiger partial charge in [-0.2, -0.15) is 0 Å². The first kappa shape index (κ1) is 10.9. The van der Waals surface area contributed by atoms with E-state index in [2.05, 4.69) is 76.6 Å². The van der Waals surface area contributed by atoms with Crippen molar-refractivity contribution < 1.29 is 0 Å². The van der Waals surface area contributed by atoms with Crippen molar-refractivity contribution in [2.45, 2.75) is 12.0 Å². The molecular weight excluding hydrogens is 268 g/mol. The van der Waals surface area contributed by atoms with E-state index in [0.717, 1.165) is 0 Å². The van der Waals surface area contributed by atoms with Crippen LogP contribution in [0.3, 0.4) is 0 Å². The van der Waals surface area contributed by atoms with Crippen LogP contribution >= 0.6 is 0 Å². The van der Waals surface area contributed by atoms with Gasteiger partial charge in [-0.3, -0.25) is 0 Å². The fourth-order valence-electron chi connectivity index (χ4n) is 4.48. The molecule has 0 amide bonds. The zero-order valence-electron chi connectivity index (χ0n) is 12.0. The molecule has 0 radical (unpaired) electrons. The van der Waals surface area contributed by atoms with Crippen LogP contribution in [0.5, 0.6) is 0 Å². The summed E-state index contributed by atoms with van der Waals surface area (Å²) < 4.78 is 2.52. The second kappa shape index (κ2) is 3.53. The van der Waals surface area contributed by atoms with Crippen LogP contribution < -0.4 is 16.0 Å². The molecule has 3 aliphatic heterocycles. The monoisotopic (exact) mass is 282 g/mol. The maximum absolute atomic E-state index is 3.70. The first-order valence-electron chi connectivity index (χ1n) is 7.81. The number of aromatic nitrogens is 1. The smallest absolute Gasteiger partial charge is 0.0700 e. The van der Waals surface area contributed by atoms with E-state index in [-0.39, 0.29) is 0 Å². The van der Waals surface area contributed by atoms with Crippen LogP contribution in [0.1, 0.15) is 17.5 Å². The van der Waals surface area contributed by atoms with Crippen molar-refractivity contribution in [3.63, 3.8) is 0 Å². The van der Waals surface area contributed by atoms with E-state index in [0.29, 0.717) is 12.0 Å². The third-order valence-electron chi connectivity index (χ3n) is 5.29. The highest BCUT2D eigenvalue weighted by Gasteiger charge is 2.40. The Morgan fingerprint density at radius 1 is 0.909 bits per heavy atom. The van der Waals surface area contributed by atoms with Crippen molar-refractivity contribution in [2.75, 3.05) is 5.32 Å². The van der Waals surface area contributed by atoms with Gasteiger partial charge in [0, 0.05) is 27.5 Å². The standard InChI is InChI=1S/C20H14N2/c1-2-7-13-12(6-1)16-10-5-11-17-18-14-8-3-4-9-15(14)21-19(18)20(13)22(16)17/h1-11,17-18,21H. The molecule has 2 unspecified atom stereocenters. The van der Waals surface area contributed by atoms with E-state index in [1.165, 1.54) is 38.4 Å². The number of nitrogens with zero attached hydrogens (tertiary/aromatic N) is 1. The van der Waals surface area contributed by atoms with Gasteiger partial charge in [-0.05, 0) is 17.7 Å². The lowest BCUT2D eigenvalue weighted by Crippen LogP contribution is -2.29. The summed E-state index contributed by atoms with van der Waals surface area (Å²) in [5.41, 5.74) is 4.06. The Labute approximate surface area is 127 Å². The number of rotatable bonds is 0. The van der Waals surface area contributed by atoms with E-state index in [1.54, 1.807) is 0 Å². The van der Waals surface area contributed by atoms with Crippen molar-refractivity contribution >= 4 is 28.2 Å². The first-order chi connectivity index (χ1) is 10.9. The minimum absolute atomic E-state index is 0.397. The topological polar surface area (TPSA) is 17.0 Å². The molecule has 1 N–H and O–H groups in total. The summed E-state index contributed by atoms with van der Waals surface area (Å²) in [5, 5.41) is 9.14. The fraction of sp³-hybridized carbons (Fsp3) is 0.100. The van der Waals surface area contributed by atoms with Crippen LogP contribution in [0.2, 0.25) is 0 Å². The van der Waals surface area contributed by atoms with Crippen molar-refractivity contribution in [2.24, 2.45) is 0 Å². The van der Waals surface area contributed by atoms with E-state index in [9.17, 15) is 0 Å². The predicted molar refractivity (Wildman–Crippen MR) is 90.0 cm³/mol. The minimum Gasteiger partial charge on any atom is -0.356 e. The van der Waals surface area contributed by atoms with E-state index in [1.807, 2.05) is 0 Å². The average Bonchev–Trinajstić information content (AvgIpc) is 3.19. The Bertz CT molecular complexity index is 1110. The highest BCUT2D eigenvalue weighted by Crippen LogP contribution is 2.48. The van der Waals surface area contributed by atoms with Crippen LogP contribution in [0.25, 0.3) is 22.5 Å². The molecule has 2 nitrogen and oxygen atoms in total. The average molecular weight is 282 g/mol. The van der Waals surface area contributed by atoms with Gasteiger partial charge >= 0.3 is 0 Å². The Hall–Kier alpha value is -2.74. The first-order valence-corrected chi connectivity index (χ1v) is 7.81. The molecule has 4 heterocycles. The van der Waals surface area contributed by atoms with Crippen molar-refractivity contribution in [3.05, 3.63) is 76.9 Å². The van der Waals surface area contributed by atoms with Gasteiger partial charge in [-0.1, -0.05) is 54.6 Å². The Balaban J connectivity index is 1.85. The normalized spacial score (nSPS) is 23.0. The molecule has 2 heteroatoms. The predicted octanol–water partition coefficient (Wildman–Crippen LogP) is 2.86. The number of hydrogen-bond donors (Lipinski definition) is 1. The lowest BCUT2D eigenvalue weighted by molar-refractivity contribution is 0.576. The number of benzene rings is 2. The molecule has 3 aromatic rings. The summed E-state index contributed by atoms with van der Waals surface area (Å²) >= 11 is 0. The number of fused-ring (bicyclic) bond motifs is 7. The molecule has 0 aliphatic carbocycles. The number of hydrogen-bond acceptors (Lipinski definition) is 1. The summed E-state index contributed by atoms with van der Waals surface area (Å²) in [4.78, 5) is 0. The molecule has 6 rings (SSSR count). The van der Waals surface area contributed by atoms with Gasteiger partial charge in [-0.15, -0.1) is 0 Å².